The molecule has 1 unspecified atom stereocenters. The molecule has 0 spiro atoms. The molecule has 2 rings (SSSR count). The third kappa shape index (κ3) is 3.43. The molecule has 2 aromatic carbocycles. The summed E-state index contributed by atoms with van der Waals surface area (Å²) in [6.45, 7) is 1.72. The highest BCUT2D eigenvalue weighted by atomic mass is 32.2. The first-order valence-electron chi connectivity index (χ1n) is 5.85. The van der Waals surface area contributed by atoms with Gasteiger partial charge in [0.05, 0.1) is 10.6 Å². The van der Waals surface area contributed by atoms with Gasteiger partial charge in [0.1, 0.15) is 11.4 Å². The molecule has 0 N–H and O–H groups in total. The maximum absolute atomic E-state index is 12.0. The van der Waals surface area contributed by atoms with Crippen LogP contribution in [0.25, 0.3) is 0 Å². The summed E-state index contributed by atoms with van der Waals surface area (Å²) in [5.74, 6) is 0. The molecule has 0 aromatic heterocycles. The van der Waals surface area contributed by atoms with Crippen molar-refractivity contribution in [3.8, 4) is 0 Å². The van der Waals surface area contributed by atoms with Gasteiger partial charge in [0, 0.05) is 17.7 Å². The van der Waals surface area contributed by atoms with Gasteiger partial charge < -0.3 is 4.55 Å². The minimum Gasteiger partial charge on any atom is -0.586 e. The molecule has 0 aliphatic carbocycles. The lowest BCUT2D eigenvalue weighted by Crippen LogP contribution is -2.03. The predicted octanol–water partition coefficient (Wildman–Crippen LogP) is 3.13. The normalized spacial score (nSPS) is 13.0. The summed E-state index contributed by atoms with van der Waals surface area (Å²) in [7, 11) is 0. The largest absolute Gasteiger partial charge is 0.586 e. The fourth-order valence-corrected chi connectivity index (χ4v) is 2.44. The van der Waals surface area contributed by atoms with Crippen LogP contribution in [0.15, 0.2) is 63.9 Å². The molecule has 0 amide bonds. The lowest BCUT2D eigenvalue weighted by Gasteiger charge is -2.04. The van der Waals surface area contributed by atoms with Gasteiger partial charge in [-0.2, -0.15) is 0 Å². The number of benzene rings is 2. The summed E-state index contributed by atoms with van der Waals surface area (Å²) in [5.41, 5.74) is 1.30. The summed E-state index contributed by atoms with van der Waals surface area (Å²) in [5, 5.41) is 10.6. The molecule has 6 heteroatoms. The number of rotatable bonds is 4. The molecule has 102 valence electrons. The molecular formula is C14H12N2O3S. The highest BCUT2D eigenvalue weighted by Crippen LogP contribution is 2.16. The fraction of sp³-hybridized carbons (Fsp3) is 0.0714. The Balaban J connectivity index is 2.20. The maximum Gasteiger partial charge on any atom is 0.269 e. The van der Waals surface area contributed by atoms with Crippen LogP contribution in [0.2, 0.25) is 0 Å². The van der Waals surface area contributed by atoms with Crippen molar-refractivity contribution in [2.24, 2.45) is 4.40 Å². The van der Waals surface area contributed by atoms with Crippen LogP contribution in [0, 0.1) is 10.1 Å². The summed E-state index contributed by atoms with van der Waals surface area (Å²) in [6.07, 6.45) is 0. The van der Waals surface area contributed by atoms with Crippen molar-refractivity contribution in [1.29, 1.82) is 0 Å². The highest BCUT2D eigenvalue weighted by Gasteiger charge is 2.12. The summed E-state index contributed by atoms with van der Waals surface area (Å²) in [6, 6.07) is 14.9. The third-order valence-electron chi connectivity index (χ3n) is 2.66. The lowest BCUT2D eigenvalue weighted by atomic mass is 10.1. The molecule has 0 aliphatic heterocycles. The predicted molar refractivity (Wildman–Crippen MR) is 78.2 cm³/mol. The van der Waals surface area contributed by atoms with Crippen LogP contribution in [-0.4, -0.2) is 15.2 Å². The van der Waals surface area contributed by atoms with E-state index in [0.29, 0.717) is 16.2 Å². The van der Waals surface area contributed by atoms with Crippen LogP contribution < -0.4 is 0 Å². The van der Waals surface area contributed by atoms with Gasteiger partial charge in [0.25, 0.3) is 5.69 Å². The zero-order valence-electron chi connectivity index (χ0n) is 10.7. The van der Waals surface area contributed by atoms with E-state index in [4.69, 9.17) is 0 Å². The Hall–Kier alpha value is -2.18. The fourth-order valence-electron chi connectivity index (χ4n) is 1.59. The zero-order chi connectivity index (χ0) is 14.5. The van der Waals surface area contributed by atoms with E-state index in [2.05, 4.69) is 4.40 Å². The molecule has 0 bridgehead atoms. The topological polar surface area (TPSA) is 78.6 Å². The molecule has 0 fully saturated rings. The Morgan fingerprint density at radius 3 is 2.25 bits per heavy atom. The molecule has 0 saturated heterocycles. The van der Waals surface area contributed by atoms with Crippen molar-refractivity contribution in [2.75, 3.05) is 0 Å². The monoisotopic (exact) mass is 288 g/mol. The van der Waals surface area contributed by atoms with Crippen molar-refractivity contribution in [2.45, 2.75) is 11.8 Å². The van der Waals surface area contributed by atoms with E-state index in [9.17, 15) is 14.7 Å². The van der Waals surface area contributed by atoms with Gasteiger partial charge in [-0.3, -0.25) is 10.1 Å². The summed E-state index contributed by atoms with van der Waals surface area (Å²) < 4.78 is 16.1. The van der Waals surface area contributed by atoms with E-state index in [-0.39, 0.29) is 5.69 Å². The van der Waals surface area contributed by atoms with E-state index >= 15 is 0 Å². The Bertz CT molecular complexity index is 627. The molecule has 0 heterocycles. The maximum atomic E-state index is 12.0. The molecule has 5 nitrogen and oxygen atoms in total. The second-order valence-corrected chi connectivity index (χ2v) is 5.20. The van der Waals surface area contributed by atoms with Gasteiger partial charge in [0.15, 0.2) is 4.90 Å². The van der Waals surface area contributed by atoms with Crippen LogP contribution in [0.5, 0.6) is 0 Å². The van der Waals surface area contributed by atoms with Crippen LogP contribution in [0.1, 0.15) is 12.5 Å². The molecule has 20 heavy (non-hydrogen) atoms. The first kappa shape index (κ1) is 14.2. The van der Waals surface area contributed by atoms with Crippen molar-refractivity contribution in [3.63, 3.8) is 0 Å². The molecule has 0 radical (unpaired) electrons. The van der Waals surface area contributed by atoms with Gasteiger partial charge in [-0.15, -0.1) is 0 Å². The number of nitrogens with zero attached hydrogens (tertiary/aromatic N) is 2. The number of hydrogen-bond acceptors (Lipinski definition) is 4. The molecule has 0 saturated carbocycles. The summed E-state index contributed by atoms with van der Waals surface area (Å²) >= 11 is -1.47. The summed E-state index contributed by atoms with van der Waals surface area (Å²) in [4.78, 5) is 10.7. The number of nitro groups is 1. The standard InChI is InChI=1S/C14H12N2O3S/c1-11(12-7-9-13(10-8-12)16(17)18)15-20(19)14-5-3-2-4-6-14/h2-10H,1H3. The molecule has 1 atom stereocenters. The first-order valence-corrected chi connectivity index (χ1v) is 6.95. The van der Waals surface area contributed by atoms with Crippen molar-refractivity contribution >= 4 is 22.8 Å². The van der Waals surface area contributed by atoms with Gasteiger partial charge >= 0.3 is 0 Å². The third-order valence-corrected chi connectivity index (χ3v) is 3.78. The smallest absolute Gasteiger partial charge is 0.269 e. The minimum atomic E-state index is -1.47. The molecule has 2 aromatic rings. The number of non-ortho nitro benzene ring substituents is 1. The van der Waals surface area contributed by atoms with E-state index in [0.717, 1.165) is 0 Å². The highest BCUT2D eigenvalue weighted by molar-refractivity contribution is 7.90. The number of nitro benzene ring substituents is 1. The van der Waals surface area contributed by atoms with E-state index in [1.807, 2.05) is 6.07 Å². The second kappa shape index (κ2) is 6.31. The second-order valence-electron chi connectivity index (χ2n) is 4.04. The number of hydrogen-bond donors (Lipinski definition) is 0. The Morgan fingerprint density at radius 2 is 1.70 bits per heavy atom. The Labute approximate surface area is 119 Å². The van der Waals surface area contributed by atoms with Gasteiger partial charge in [-0.25, -0.2) is 0 Å². The first-order chi connectivity index (χ1) is 9.58. The molecule has 0 aliphatic rings. The van der Waals surface area contributed by atoms with Gasteiger partial charge in [0.2, 0.25) is 0 Å². The Kier molecular flexibility index (Phi) is 4.49. The minimum absolute atomic E-state index is 0.0192. The Morgan fingerprint density at radius 1 is 1.10 bits per heavy atom. The van der Waals surface area contributed by atoms with E-state index in [1.54, 1.807) is 43.3 Å². The SMILES string of the molecule is CC(=N[S+]([O-])c1ccccc1)c1ccc([N+](=O)[O-])cc1. The van der Waals surface area contributed by atoms with Crippen molar-refractivity contribution in [1.82, 2.24) is 0 Å². The van der Waals surface area contributed by atoms with E-state index in [1.165, 1.54) is 12.1 Å². The van der Waals surface area contributed by atoms with Gasteiger partial charge in [-0.1, -0.05) is 22.6 Å². The molecular weight excluding hydrogens is 276 g/mol. The average molecular weight is 288 g/mol. The average Bonchev–Trinajstić information content (AvgIpc) is 2.48. The van der Waals surface area contributed by atoms with Gasteiger partial charge in [-0.05, 0) is 31.2 Å². The van der Waals surface area contributed by atoms with Crippen LogP contribution in [0.3, 0.4) is 0 Å². The van der Waals surface area contributed by atoms with E-state index < -0.39 is 16.3 Å². The van der Waals surface area contributed by atoms with Crippen LogP contribution in [0.4, 0.5) is 5.69 Å². The lowest BCUT2D eigenvalue weighted by molar-refractivity contribution is -0.384. The van der Waals surface area contributed by atoms with Crippen molar-refractivity contribution in [3.05, 3.63) is 70.3 Å². The van der Waals surface area contributed by atoms with Crippen molar-refractivity contribution < 1.29 is 9.48 Å². The van der Waals surface area contributed by atoms with Crippen LogP contribution in [-0.2, 0) is 11.4 Å². The zero-order valence-corrected chi connectivity index (χ0v) is 11.5. The van der Waals surface area contributed by atoms with Crippen LogP contribution >= 0.6 is 0 Å². The quantitative estimate of drug-likeness (QED) is 0.375.